The van der Waals surface area contributed by atoms with Gasteiger partial charge in [0, 0.05) is 5.56 Å². The van der Waals surface area contributed by atoms with Gasteiger partial charge in [0.05, 0.1) is 12.0 Å². The van der Waals surface area contributed by atoms with E-state index in [9.17, 15) is 4.79 Å². The summed E-state index contributed by atoms with van der Waals surface area (Å²) in [7, 11) is 0. The first-order chi connectivity index (χ1) is 8.81. The van der Waals surface area contributed by atoms with Crippen LogP contribution in [0.25, 0.3) is 0 Å². The van der Waals surface area contributed by atoms with Gasteiger partial charge in [-0.3, -0.25) is 4.79 Å². The number of rotatable bonds is 2. The quantitative estimate of drug-likeness (QED) is 0.789. The van der Waals surface area contributed by atoms with Crippen molar-refractivity contribution in [2.75, 3.05) is 11.9 Å². The molecule has 0 saturated carbocycles. The van der Waals surface area contributed by atoms with Gasteiger partial charge in [0.25, 0.3) is 5.91 Å². The summed E-state index contributed by atoms with van der Waals surface area (Å²) < 4.78 is 5.00. The van der Waals surface area contributed by atoms with Gasteiger partial charge in [-0.1, -0.05) is 24.0 Å². The van der Waals surface area contributed by atoms with Gasteiger partial charge in [0.1, 0.15) is 6.61 Å². The van der Waals surface area contributed by atoms with Crippen molar-refractivity contribution in [3.05, 3.63) is 54.0 Å². The molecular weight excluding hydrogens is 230 g/mol. The summed E-state index contributed by atoms with van der Waals surface area (Å²) in [5.74, 6) is 5.21. The minimum Gasteiger partial charge on any atom is -0.459 e. The zero-order chi connectivity index (χ0) is 12.8. The van der Waals surface area contributed by atoms with E-state index in [4.69, 9.17) is 9.52 Å². The van der Waals surface area contributed by atoms with Gasteiger partial charge in [0.15, 0.2) is 5.76 Å². The monoisotopic (exact) mass is 241 g/mol. The van der Waals surface area contributed by atoms with Crippen molar-refractivity contribution in [1.29, 1.82) is 0 Å². The first-order valence-electron chi connectivity index (χ1n) is 5.35. The molecule has 1 heterocycles. The fourth-order valence-corrected chi connectivity index (χ4v) is 1.43. The molecule has 2 N–H and O–H groups in total. The predicted octanol–water partition coefficient (Wildman–Crippen LogP) is 1.88. The van der Waals surface area contributed by atoms with Crippen molar-refractivity contribution in [3.8, 4) is 11.8 Å². The molecule has 90 valence electrons. The van der Waals surface area contributed by atoms with Crippen LogP contribution in [0, 0.1) is 11.8 Å². The van der Waals surface area contributed by atoms with Gasteiger partial charge in [0.2, 0.25) is 0 Å². The van der Waals surface area contributed by atoms with Crippen LogP contribution in [0.1, 0.15) is 16.1 Å². The first-order valence-corrected chi connectivity index (χ1v) is 5.35. The van der Waals surface area contributed by atoms with Crippen LogP contribution in [0.15, 0.2) is 47.1 Å². The SMILES string of the molecule is O=C(Nc1ccccc1C#CCO)c1ccco1. The molecule has 0 aliphatic carbocycles. The Morgan fingerprint density at radius 3 is 2.83 bits per heavy atom. The molecule has 0 bridgehead atoms. The van der Waals surface area contributed by atoms with Crippen LogP contribution in [-0.2, 0) is 0 Å². The standard InChI is InChI=1S/C14H11NO3/c16-9-3-6-11-5-1-2-7-12(11)15-14(17)13-8-4-10-18-13/h1-2,4-5,7-8,10,16H,9H2,(H,15,17). The van der Waals surface area contributed by atoms with Crippen molar-refractivity contribution < 1.29 is 14.3 Å². The number of para-hydroxylation sites is 1. The van der Waals surface area contributed by atoms with E-state index >= 15 is 0 Å². The topological polar surface area (TPSA) is 62.5 Å². The number of aliphatic hydroxyl groups is 1. The Hall–Kier alpha value is -2.51. The molecule has 0 saturated heterocycles. The van der Waals surface area contributed by atoms with E-state index < -0.39 is 0 Å². The predicted molar refractivity (Wildman–Crippen MR) is 67.1 cm³/mol. The van der Waals surface area contributed by atoms with Crippen molar-refractivity contribution in [2.45, 2.75) is 0 Å². The van der Waals surface area contributed by atoms with Crippen molar-refractivity contribution in [2.24, 2.45) is 0 Å². The minimum atomic E-state index is -0.335. The summed E-state index contributed by atoms with van der Waals surface area (Å²) in [5, 5.41) is 11.4. The van der Waals surface area contributed by atoms with Gasteiger partial charge in [-0.05, 0) is 24.3 Å². The van der Waals surface area contributed by atoms with Gasteiger partial charge in [-0.15, -0.1) is 0 Å². The molecule has 0 fully saturated rings. The molecule has 1 aromatic carbocycles. The highest BCUT2D eigenvalue weighted by Gasteiger charge is 2.09. The maximum absolute atomic E-state index is 11.8. The number of hydrogen-bond acceptors (Lipinski definition) is 3. The van der Waals surface area contributed by atoms with Gasteiger partial charge < -0.3 is 14.8 Å². The third-order valence-electron chi connectivity index (χ3n) is 2.22. The third-order valence-corrected chi connectivity index (χ3v) is 2.22. The highest BCUT2D eigenvalue weighted by molar-refractivity contribution is 6.02. The highest BCUT2D eigenvalue weighted by atomic mass is 16.3. The molecule has 2 rings (SSSR count). The molecule has 0 atom stereocenters. The lowest BCUT2D eigenvalue weighted by atomic mass is 10.2. The summed E-state index contributed by atoms with van der Waals surface area (Å²) in [6.45, 7) is -0.222. The van der Waals surface area contributed by atoms with Gasteiger partial charge in [-0.25, -0.2) is 0 Å². The lowest BCUT2D eigenvalue weighted by molar-refractivity contribution is 0.0996. The zero-order valence-electron chi connectivity index (χ0n) is 9.51. The van der Waals surface area contributed by atoms with Crippen LogP contribution < -0.4 is 5.32 Å². The Labute approximate surface area is 104 Å². The summed E-state index contributed by atoms with van der Waals surface area (Å²) in [4.78, 5) is 11.8. The largest absolute Gasteiger partial charge is 0.459 e. The number of carbonyl (C=O) groups excluding carboxylic acids is 1. The van der Waals surface area contributed by atoms with E-state index in [0.717, 1.165) is 0 Å². The van der Waals surface area contributed by atoms with E-state index in [2.05, 4.69) is 17.2 Å². The Bertz CT molecular complexity index is 591. The summed E-state index contributed by atoms with van der Waals surface area (Å²) >= 11 is 0. The normalized spacial score (nSPS) is 9.39. The average Bonchev–Trinajstić information content (AvgIpc) is 2.91. The fourth-order valence-electron chi connectivity index (χ4n) is 1.43. The Morgan fingerprint density at radius 2 is 2.11 bits per heavy atom. The second-order valence-corrected chi connectivity index (χ2v) is 3.44. The number of carbonyl (C=O) groups is 1. The minimum absolute atomic E-state index is 0.222. The van der Waals surface area contributed by atoms with Crippen molar-refractivity contribution >= 4 is 11.6 Å². The Balaban J connectivity index is 2.21. The molecule has 2 aromatic rings. The smallest absolute Gasteiger partial charge is 0.291 e. The Morgan fingerprint density at radius 1 is 1.28 bits per heavy atom. The number of hydrogen-bond donors (Lipinski definition) is 2. The number of benzene rings is 1. The third kappa shape index (κ3) is 2.78. The molecule has 0 unspecified atom stereocenters. The van der Waals surface area contributed by atoms with Crippen LogP contribution in [0.3, 0.4) is 0 Å². The molecule has 0 aliphatic rings. The Kier molecular flexibility index (Phi) is 3.79. The lowest BCUT2D eigenvalue weighted by Crippen LogP contribution is -2.11. The molecule has 18 heavy (non-hydrogen) atoms. The highest BCUT2D eigenvalue weighted by Crippen LogP contribution is 2.15. The van der Waals surface area contributed by atoms with Crippen molar-refractivity contribution in [1.82, 2.24) is 0 Å². The second-order valence-electron chi connectivity index (χ2n) is 3.44. The molecule has 0 spiro atoms. The van der Waals surface area contributed by atoms with E-state index in [1.165, 1.54) is 6.26 Å². The summed E-state index contributed by atoms with van der Waals surface area (Å²) in [6.07, 6.45) is 1.44. The first kappa shape index (κ1) is 12.0. The van der Waals surface area contributed by atoms with E-state index in [1.807, 2.05) is 6.07 Å². The number of anilines is 1. The van der Waals surface area contributed by atoms with Crippen molar-refractivity contribution in [3.63, 3.8) is 0 Å². The summed E-state index contributed by atoms with van der Waals surface area (Å²) in [6, 6.07) is 10.3. The van der Waals surface area contributed by atoms with E-state index in [1.54, 1.807) is 30.3 Å². The molecular formula is C14H11NO3. The van der Waals surface area contributed by atoms with Gasteiger partial charge in [-0.2, -0.15) is 0 Å². The molecule has 4 heteroatoms. The van der Waals surface area contributed by atoms with Crippen LogP contribution in [0.4, 0.5) is 5.69 Å². The zero-order valence-corrected chi connectivity index (χ0v) is 9.51. The average molecular weight is 241 g/mol. The summed E-state index contributed by atoms with van der Waals surface area (Å²) in [5.41, 5.74) is 1.23. The molecule has 1 amide bonds. The number of furan rings is 1. The van der Waals surface area contributed by atoms with Crippen LogP contribution in [0.2, 0.25) is 0 Å². The number of aliphatic hydroxyl groups excluding tert-OH is 1. The lowest BCUT2D eigenvalue weighted by Gasteiger charge is -2.05. The number of amides is 1. The number of nitrogens with one attached hydrogen (secondary N) is 1. The van der Waals surface area contributed by atoms with Gasteiger partial charge >= 0.3 is 0 Å². The molecule has 0 aliphatic heterocycles. The molecule has 0 radical (unpaired) electrons. The van der Waals surface area contributed by atoms with E-state index in [0.29, 0.717) is 11.3 Å². The maximum Gasteiger partial charge on any atom is 0.291 e. The van der Waals surface area contributed by atoms with Crippen LogP contribution in [-0.4, -0.2) is 17.6 Å². The fraction of sp³-hybridized carbons (Fsp3) is 0.0714. The molecule has 4 nitrogen and oxygen atoms in total. The molecule has 1 aromatic heterocycles. The van der Waals surface area contributed by atoms with Crippen LogP contribution >= 0.6 is 0 Å². The second kappa shape index (κ2) is 5.71. The van der Waals surface area contributed by atoms with Crippen LogP contribution in [0.5, 0.6) is 0 Å². The van der Waals surface area contributed by atoms with E-state index in [-0.39, 0.29) is 18.3 Å². The maximum atomic E-state index is 11.8.